The van der Waals surface area contributed by atoms with E-state index in [-0.39, 0.29) is 5.91 Å². The van der Waals surface area contributed by atoms with Gasteiger partial charge in [-0.3, -0.25) is 4.79 Å². The number of amides is 1. The highest BCUT2D eigenvalue weighted by Crippen LogP contribution is 2.27. The van der Waals surface area contributed by atoms with Crippen molar-refractivity contribution < 1.29 is 19.0 Å². The Morgan fingerprint density at radius 1 is 1.00 bits per heavy atom. The van der Waals surface area contributed by atoms with E-state index in [9.17, 15) is 4.79 Å². The smallest absolute Gasteiger partial charge is 0.261 e. The minimum atomic E-state index is -0.549. The molecule has 134 valence electrons. The molecule has 0 aliphatic carbocycles. The highest BCUT2D eigenvalue weighted by molar-refractivity contribution is 5.81. The summed E-state index contributed by atoms with van der Waals surface area (Å²) in [7, 11) is 3.22. The van der Waals surface area contributed by atoms with Crippen molar-refractivity contribution in [3.63, 3.8) is 0 Å². The SMILES string of the molecule is CC[C@H](Oc1ccccc1OC)C(=O)NCCc1ccc(OC)cc1. The van der Waals surface area contributed by atoms with Gasteiger partial charge in [0, 0.05) is 6.54 Å². The van der Waals surface area contributed by atoms with Crippen LogP contribution in [0.15, 0.2) is 48.5 Å². The van der Waals surface area contributed by atoms with E-state index in [1.807, 2.05) is 49.4 Å². The van der Waals surface area contributed by atoms with Crippen molar-refractivity contribution in [1.29, 1.82) is 0 Å². The van der Waals surface area contributed by atoms with Crippen LogP contribution in [0.3, 0.4) is 0 Å². The normalized spacial score (nSPS) is 11.5. The Kier molecular flexibility index (Phi) is 7.14. The first-order valence-corrected chi connectivity index (χ1v) is 8.38. The Balaban J connectivity index is 1.86. The molecule has 1 N–H and O–H groups in total. The lowest BCUT2D eigenvalue weighted by Crippen LogP contribution is -2.39. The molecule has 0 bridgehead atoms. The summed E-state index contributed by atoms with van der Waals surface area (Å²) in [5, 5.41) is 2.93. The maximum absolute atomic E-state index is 12.4. The summed E-state index contributed by atoms with van der Waals surface area (Å²) < 4.78 is 16.2. The maximum Gasteiger partial charge on any atom is 0.261 e. The molecule has 5 nitrogen and oxygen atoms in total. The largest absolute Gasteiger partial charge is 0.497 e. The summed E-state index contributed by atoms with van der Waals surface area (Å²) in [6.45, 7) is 2.47. The number of hydrogen-bond acceptors (Lipinski definition) is 4. The van der Waals surface area contributed by atoms with Gasteiger partial charge in [-0.25, -0.2) is 0 Å². The fourth-order valence-corrected chi connectivity index (χ4v) is 2.43. The average molecular weight is 343 g/mol. The lowest BCUT2D eigenvalue weighted by Gasteiger charge is -2.18. The van der Waals surface area contributed by atoms with E-state index >= 15 is 0 Å². The minimum Gasteiger partial charge on any atom is -0.497 e. The van der Waals surface area contributed by atoms with Gasteiger partial charge in [-0.15, -0.1) is 0 Å². The second-order valence-electron chi connectivity index (χ2n) is 5.55. The molecule has 1 amide bonds. The summed E-state index contributed by atoms with van der Waals surface area (Å²) in [6, 6.07) is 15.1. The lowest BCUT2D eigenvalue weighted by molar-refractivity contribution is -0.128. The van der Waals surface area contributed by atoms with Crippen LogP contribution >= 0.6 is 0 Å². The van der Waals surface area contributed by atoms with Gasteiger partial charge in [0.2, 0.25) is 0 Å². The van der Waals surface area contributed by atoms with Crippen molar-refractivity contribution in [3.8, 4) is 17.2 Å². The van der Waals surface area contributed by atoms with Gasteiger partial charge in [0.1, 0.15) is 5.75 Å². The van der Waals surface area contributed by atoms with Crippen molar-refractivity contribution in [2.45, 2.75) is 25.9 Å². The summed E-state index contributed by atoms with van der Waals surface area (Å²) in [6.07, 6.45) is 0.778. The number of hydrogen-bond donors (Lipinski definition) is 1. The molecule has 0 saturated heterocycles. The average Bonchev–Trinajstić information content (AvgIpc) is 2.66. The molecule has 25 heavy (non-hydrogen) atoms. The molecule has 0 saturated carbocycles. The van der Waals surface area contributed by atoms with Gasteiger partial charge in [0.05, 0.1) is 14.2 Å². The number of benzene rings is 2. The summed E-state index contributed by atoms with van der Waals surface area (Å²) in [4.78, 5) is 12.4. The summed E-state index contributed by atoms with van der Waals surface area (Å²) in [5.74, 6) is 1.89. The molecule has 2 rings (SSSR count). The summed E-state index contributed by atoms with van der Waals surface area (Å²) >= 11 is 0. The van der Waals surface area contributed by atoms with Crippen molar-refractivity contribution in [2.24, 2.45) is 0 Å². The Morgan fingerprint density at radius 2 is 1.68 bits per heavy atom. The molecule has 0 radical (unpaired) electrons. The van der Waals surface area contributed by atoms with Gasteiger partial charge in [-0.1, -0.05) is 31.2 Å². The molecule has 0 heterocycles. The molecule has 5 heteroatoms. The van der Waals surface area contributed by atoms with E-state index in [0.717, 1.165) is 17.7 Å². The fourth-order valence-electron chi connectivity index (χ4n) is 2.43. The third-order valence-electron chi connectivity index (χ3n) is 3.87. The van der Waals surface area contributed by atoms with Crippen molar-refractivity contribution in [1.82, 2.24) is 5.32 Å². The molecule has 0 fully saturated rings. The third kappa shape index (κ3) is 5.41. The van der Waals surface area contributed by atoms with Crippen molar-refractivity contribution in [2.75, 3.05) is 20.8 Å². The van der Waals surface area contributed by atoms with E-state index < -0.39 is 6.10 Å². The van der Waals surface area contributed by atoms with Gasteiger partial charge in [-0.05, 0) is 42.7 Å². The Labute approximate surface area is 148 Å². The molecule has 2 aromatic carbocycles. The van der Waals surface area contributed by atoms with Crippen LogP contribution in [-0.4, -0.2) is 32.8 Å². The number of methoxy groups -OCH3 is 2. The Morgan fingerprint density at radius 3 is 2.28 bits per heavy atom. The Bertz CT molecular complexity index is 670. The second kappa shape index (κ2) is 9.57. The van der Waals surface area contributed by atoms with E-state index in [1.165, 1.54) is 0 Å². The molecule has 0 unspecified atom stereocenters. The van der Waals surface area contributed by atoms with Gasteiger partial charge < -0.3 is 19.5 Å². The number of rotatable bonds is 9. The van der Waals surface area contributed by atoms with Crippen LogP contribution in [0.2, 0.25) is 0 Å². The van der Waals surface area contributed by atoms with Crippen LogP contribution in [0.1, 0.15) is 18.9 Å². The van der Waals surface area contributed by atoms with E-state index in [4.69, 9.17) is 14.2 Å². The van der Waals surface area contributed by atoms with Crippen LogP contribution in [0, 0.1) is 0 Å². The predicted molar refractivity (Wildman–Crippen MR) is 97.4 cm³/mol. The third-order valence-corrected chi connectivity index (χ3v) is 3.87. The first-order chi connectivity index (χ1) is 12.2. The topological polar surface area (TPSA) is 56.8 Å². The minimum absolute atomic E-state index is 0.123. The zero-order chi connectivity index (χ0) is 18.1. The van der Waals surface area contributed by atoms with Crippen LogP contribution < -0.4 is 19.5 Å². The van der Waals surface area contributed by atoms with Crippen LogP contribution in [-0.2, 0) is 11.2 Å². The number of ether oxygens (including phenoxy) is 3. The molecule has 0 aliphatic heterocycles. The molecular formula is C20H25NO4. The zero-order valence-electron chi connectivity index (χ0n) is 15.0. The quantitative estimate of drug-likeness (QED) is 0.759. The fraction of sp³-hybridized carbons (Fsp3) is 0.350. The maximum atomic E-state index is 12.4. The molecule has 1 atom stereocenters. The second-order valence-corrected chi connectivity index (χ2v) is 5.55. The molecule has 2 aromatic rings. The van der Waals surface area contributed by atoms with Gasteiger partial charge >= 0.3 is 0 Å². The number of nitrogens with one attached hydrogen (secondary N) is 1. The summed E-state index contributed by atoms with van der Waals surface area (Å²) in [5.41, 5.74) is 1.14. The Hall–Kier alpha value is -2.69. The predicted octanol–water partition coefficient (Wildman–Crippen LogP) is 3.22. The van der Waals surface area contributed by atoms with E-state index in [0.29, 0.717) is 24.5 Å². The van der Waals surface area contributed by atoms with Crippen molar-refractivity contribution in [3.05, 3.63) is 54.1 Å². The highest BCUT2D eigenvalue weighted by atomic mass is 16.5. The molecule has 0 spiro atoms. The molecular weight excluding hydrogens is 318 g/mol. The number of para-hydroxylation sites is 2. The number of carbonyl (C=O) groups excluding carboxylic acids is 1. The van der Waals surface area contributed by atoms with Crippen LogP contribution in [0.25, 0.3) is 0 Å². The highest BCUT2D eigenvalue weighted by Gasteiger charge is 2.19. The lowest BCUT2D eigenvalue weighted by atomic mass is 10.1. The van der Waals surface area contributed by atoms with Crippen LogP contribution in [0.4, 0.5) is 0 Å². The molecule has 0 aromatic heterocycles. The van der Waals surface area contributed by atoms with Gasteiger partial charge in [-0.2, -0.15) is 0 Å². The monoisotopic (exact) mass is 343 g/mol. The molecule has 0 aliphatic rings. The first kappa shape index (κ1) is 18.6. The van der Waals surface area contributed by atoms with Crippen molar-refractivity contribution >= 4 is 5.91 Å². The van der Waals surface area contributed by atoms with Gasteiger partial charge in [0.15, 0.2) is 17.6 Å². The first-order valence-electron chi connectivity index (χ1n) is 8.38. The van der Waals surface area contributed by atoms with E-state index in [2.05, 4.69) is 5.32 Å². The zero-order valence-corrected chi connectivity index (χ0v) is 15.0. The standard InChI is InChI=1S/C20H25NO4/c1-4-17(25-19-8-6-5-7-18(19)24-3)20(22)21-14-13-15-9-11-16(23-2)12-10-15/h5-12,17H,4,13-14H2,1-3H3,(H,21,22)/t17-/m0/s1. The van der Waals surface area contributed by atoms with E-state index in [1.54, 1.807) is 20.3 Å². The van der Waals surface area contributed by atoms with Gasteiger partial charge in [0.25, 0.3) is 5.91 Å². The number of carbonyl (C=O) groups is 1. The van der Waals surface area contributed by atoms with Crippen LogP contribution in [0.5, 0.6) is 17.2 Å².